The Bertz CT molecular complexity index is 803. The SMILES string of the molecule is CC(NC(=O)C1NNC2CCNCC21)c1nc(-c2cccc(F)c2)no1.Cl. The molecule has 10 heteroatoms. The van der Waals surface area contributed by atoms with Crippen LogP contribution < -0.4 is 21.5 Å². The van der Waals surface area contributed by atoms with Crippen molar-refractivity contribution >= 4 is 18.3 Å². The number of amides is 1. The van der Waals surface area contributed by atoms with Crippen LogP contribution >= 0.6 is 12.4 Å². The van der Waals surface area contributed by atoms with Crippen LogP contribution in [0.5, 0.6) is 0 Å². The lowest BCUT2D eigenvalue weighted by Crippen LogP contribution is -2.49. The number of aromatic nitrogens is 2. The van der Waals surface area contributed by atoms with E-state index in [-0.39, 0.29) is 47.8 Å². The van der Waals surface area contributed by atoms with Crippen molar-refractivity contribution < 1.29 is 13.7 Å². The third kappa shape index (κ3) is 4.11. The molecule has 146 valence electrons. The van der Waals surface area contributed by atoms with Gasteiger partial charge >= 0.3 is 0 Å². The summed E-state index contributed by atoms with van der Waals surface area (Å²) in [7, 11) is 0. The molecule has 0 saturated carbocycles. The Kier molecular flexibility index (Phi) is 6.05. The number of fused-ring (bicyclic) bond motifs is 1. The molecule has 0 spiro atoms. The molecule has 2 saturated heterocycles. The summed E-state index contributed by atoms with van der Waals surface area (Å²) in [4.78, 5) is 16.9. The van der Waals surface area contributed by atoms with Crippen LogP contribution in [0.1, 0.15) is 25.3 Å². The lowest BCUT2D eigenvalue weighted by Gasteiger charge is -2.27. The molecular weight excluding hydrogens is 375 g/mol. The number of carbonyl (C=O) groups excluding carboxylic acids is 1. The van der Waals surface area contributed by atoms with Crippen molar-refractivity contribution in [3.05, 3.63) is 36.0 Å². The van der Waals surface area contributed by atoms with Gasteiger partial charge in [-0.2, -0.15) is 4.98 Å². The first-order valence-electron chi connectivity index (χ1n) is 8.73. The lowest BCUT2D eigenvalue weighted by atomic mass is 9.89. The number of nitrogens with one attached hydrogen (secondary N) is 4. The number of hydrazine groups is 1. The first kappa shape index (κ1) is 19.7. The van der Waals surface area contributed by atoms with Gasteiger partial charge in [0, 0.05) is 24.1 Å². The van der Waals surface area contributed by atoms with E-state index < -0.39 is 6.04 Å². The van der Waals surface area contributed by atoms with Gasteiger partial charge in [-0.25, -0.2) is 9.82 Å². The number of halogens is 2. The molecule has 1 aromatic heterocycles. The molecule has 4 N–H and O–H groups in total. The van der Waals surface area contributed by atoms with E-state index in [2.05, 4.69) is 31.6 Å². The van der Waals surface area contributed by atoms with Gasteiger partial charge in [-0.3, -0.25) is 10.2 Å². The second-order valence-corrected chi connectivity index (χ2v) is 6.73. The zero-order valence-electron chi connectivity index (χ0n) is 14.7. The highest BCUT2D eigenvalue weighted by Crippen LogP contribution is 2.22. The minimum Gasteiger partial charge on any atom is -0.343 e. The number of hydrogen-bond donors (Lipinski definition) is 4. The van der Waals surface area contributed by atoms with Crippen molar-refractivity contribution in [2.24, 2.45) is 5.92 Å². The van der Waals surface area contributed by atoms with Gasteiger partial charge in [0.05, 0.1) is 0 Å². The lowest BCUT2D eigenvalue weighted by molar-refractivity contribution is -0.124. The molecule has 2 aliphatic rings. The van der Waals surface area contributed by atoms with Crippen LogP contribution in [0, 0.1) is 11.7 Å². The van der Waals surface area contributed by atoms with Gasteiger partial charge in [0.2, 0.25) is 17.6 Å². The van der Waals surface area contributed by atoms with Crippen molar-refractivity contribution in [1.82, 2.24) is 31.6 Å². The number of benzene rings is 1. The van der Waals surface area contributed by atoms with E-state index in [1.807, 2.05) is 0 Å². The van der Waals surface area contributed by atoms with Crippen LogP contribution in [0.25, 0.3) is 11.4 Å². The van der Waals surface area contributed by atoms with Gasteiger partial charge in [-0.15, -0.1) is 12.4 Å². The molecule has 2 fully saturated rings. The van der Waals surface area contributed by atoms with Crippen LogP contribution in [0.4, 0.5) is 4.39 Å². The smallest absolute Gasteiger partial charge is 0.249 e. The predicted octanol–water partition coefficient (Wildman–Crippen LogP) is 0.929. The van der Waals surface area contributed by atoms with Crippen LogP contribution in [0.3, 0.4) is 0 Å². The second kappa shape index (κ2) is 8.30. The predicted molar refractivity (Wildman–Crippen MR) is 98.3 cm³/mol. The summed E-state index contributed by atoms with van der Waals surface area (Å²) in [5, 5.41) is 10.1. The number of rotatable bonds is 4. The fraction of sp³-hybridized carbons (Fsp3) is 0.471. The molecule has 2 aromatic rings. The third-order valence-electron chi connectivity index (χ3n) is 4.92. The fourth-order valence-corrected chi connectivity index (χ4v) is 3.50. The first-order chi connectivity index (χ1) is 12.6. The Balaban J connectivity index is 0.00000210. The van der Waals surface area contributed by atoms with Crippen LogP contribution in [0.15, 0.2) is 28.8 Å². The van der Waals surface area contributed by atoms with Crippen molar-refractivity contribution in [3.8, 4) is 11.4 Å². The zero-order chi connectivity index (χ0) is 18.1. The number of hydrogen-bond acceptors (Lipinski definition) is 7. The minimum absolute atomic E-state index is 0. The Morgan fingerprint density at radius 2 is 2.26 bits per heavy atom. The average molecular weight is 397 g/mol. The van der Waals surface area contributed by atoms with E-state index in [4.69, 9.17) is 4.52 Å². The first-order valence-corrected chi connectivity index (χ1v) is 8.73. The maximum atomic E-state index is 13.3. The van der Waals surface area contributed by atoms with Crippen molar-refractivity contribution in [1.29, 1.82) is 0 Å². The van der Waals surface area contributed by atoms with Gasteiger partial charge < -0.3 is 15.2 Å². The Morgan fingerprint density at radius 3 is 3.07 bits per heavy atom. The molecule has 4 rings (SSSR count). The molecule has 0 radical (unpaired) electrons. The summed E-state index contributed by atoms with van der Waals surface area (Å²) in [6.45, 7) is 3.52. The maximum Gasteiger partial charge on any atom is 0.249 e. The molecule has 4 atom stereocenters. The Hall–Kier alpha value is -2.07. The largest absolute Gasteiger partial charge is 0.343 e. The van der Waals surface area contributed by atoms with Gasteiger partial charge in [0.25, 0.3) is 0 Å². The topological polar surface area (TPSA) is 104 Å². The van der Waals surface area contributed by atoms with E-state index >= 15 is 0 Å². The van der Waals surface area contributed by atoms with E-state index in [0.29, 0.717) is 11.6 Å². The second-order valence-electron chi connectivity index (χ2n) is 6.73. The summed E-state index contributed by atoms with van der Waals surface area (Å²) >= 11 is 0. The summed E-state index contributed by atoms with van der Waals surface area (Å²) in [5.41, 5.74) is 6.80. The standard InChI is InChI=1S/C17H21FN6O2.ClH/c1-9(17-21-15(24-26-17)10-3-2-4-11(18)7-10)20-16(25)14-12-8-19-6-5-13(12)22-23-14;/h2-4,7,9,12-14,19,22-23H,5-6,8H2,1H3,(H,20,25);1H. The average Bonchev–Trinajstić information content (AvgIpc) is 3.29. The van der Waals surface area contributed by atoms with Crippen molar-refractivity contribution in [3.63, 3.8) is 0 Å². The zero-order valence-corrected chi connectivity index (χ0v) is 15.6. The van der Waals surface area contributed by atoms with Crippen LogP contribution in [0.2, 0.25) is 0 Å². The molecule has 1 amide bonds. The molecule has 27 heavy (non-hydrogen) atoms. The van der Waals surface area contributed by atoms with Crippen LogP contribution in [-0.4, -0.2) is 41.2 Å². The molecule has 1 aromatic carbocycles. The molecule has 0 aliphatic carbocycles. The van der Waals surface area contributed by atoms with Gasteiger partial charge in [-0.1, -0.05) is 17.3 Å². The Labute approximate surface area is 162 Å². The van der Waals surface area contributed by atoms with Crippen LogP contribution in [-0.2, 0) is 4.79 Å². The monoisotopic (exact) mass is 396 g/mol. The van der Waals surface area contributed by atoms with Crippen molar-refractivity contribution in [2.75, 3.05) is 13.1 Å². The molecule has 3 heterocycles. The van der Waals surface area contributed by atoms with Gasteiger partial charge in [0.15, 0.2) is 0 Å². The number of nitrogens with zero attached hydrogens (tertiary/aromatic N) is 2. The number of carbonyl (C=O) groups is 1. The maximum absolute atomic E-state index is 13.3. The quantitative estimate of drug-likeness (QED) is 0.609. The fourth-order valence-electron chi connectivity index (χ4n) is 3.50. The van der Waals surface area contributed by atoms with E-state index in [1.54, 1.807) is 19.1 Å². The summed E-state index contributed by atoms with van der Waals surface area (Å²) in [6.07, 6.45) is 0.984. The molecule has 4 unspecified atom stereocenters. The summed E-state index contributed by atoms with van der Waals surface area (Å²) < 4.78 is 18.6. The normalized spacial score (nSPS) is 25.3. The highest BCUT2D eigenvalue weighted by molar-refractivity contribution is 5.85. The van der Waals surface area contributed by atoms with Gasteiger partial charge in [0.1, 0.15) is 17.9 Å². The molecule has 0 bridgehead atoms. The van der Waals surface area contributed by atoms with Crippen molar-refractivity contribution in [2.45, 2.75) is 31.5 Å². The number of piperidine rings is 1. The summed E-state index contributed by atoms with van der Waals surface area (Å²) in [6, 6.07) is 5.50. The third-order valence-corrected chi connectivity index (χ3v) is 4.92. The highest BCUT2D eigenvalue weighted by atomic mass is 35.5. The molecule has 2 aliphatic heterocycles. The van der Waals surface area contributed by atoms with E-state index in [0.717, 1.165) is 19.5 Å². The summed E-state index contributed by atoms with van der Waals surface area (Å²) in [5.74, 6) is 0.276. The Morgan fingerprint density at radius 1 is 1.41 bits per heavy atom. The highest BCUT2D eigenvalue weighted by Gasteiger charge is 2.41. The van der Waals surface area contributed by atoms with E-state index in [9.17, 15) is 9.18 Å². The van der Waals surface area contributed by atoms with E-state index in [1.165, 1.54) is 12.1 Å². The molecular formula is C17H22ClFN6O2. The minimum atomic E-state index is -0.449. The molecule has 8 nitrogen and oxygen atoms in total. The van der Waals surface area contributed by atoms with Gasteiger partial charge in [-0.05, 0) is 32.0 Å².